The summed E-state index contributed by atoms with van der Waals surface area (Å²) in [7, 11) is -3.28. The van der Waals surface area contributed by atoms with Crippen LogP contribution in [0, 0.1) is 0 Å². The van der Waals surface area contributed by atoms with Gasteiger partial charge in [0.1, 0.15) is 0 Å². The van der Waals surface area contributed by atoms with Crippen molar-refractivity contribution in [3.05, 3.63) is 0 Å². The lowest BCUT2D eigenvalue weighted by molar-refractivity contribution is -0.140. The molecule has 1 heterocycles. The SMILES string of the molecule is CS(=O)(=O)N1CCN(C(=O)NC(CO)C(=O)O)CC1. The number of carbonyl (C=O) groups is 2. The first-order chi connectivity index (χ1) is 8.75. The summed E-state index contributed by atoms with van der Waals surface area (Å²) in [6, 6.07) is -1.99. The second kappa shape index (κ2) is 6.17. The van der Waals surface area contributed by atoms with Crippen molar-refractivity contribution in [2.24, 2.45) is 0 Å². The van der Waals surface area contributed by atoms with Crippen LogP contribution in [-0.4, -0.2) is 84.9 Å². The van der Waals surface area contributed by atoms with Gasteiger partial charge >= 0.3 is 12.0 Å². The molecule has 1 atom stereocenters. The van der Waals surface area contributed by atoms with Gasteiger partial charge < -0.3 is 20.4 Å². The highest BCUT2D eigenvalue weighted by Crippen LogP contribution is 2.06. The molecule has 2 amide bonds. The molecule has 19 heavy (non-hydrogen) atoms. The van der Waals surface area contributed by atoms with Crippen molar-refractivity contribution in [2.45, 2.75) is 6.04 Å². The fourth-order valence-corrected chi connectivity index (χ4v) is 2.48. The molecule has 1 saturated heterocycles. The summed E-state index contributed by atoms with van der Waals surface area (Å²) in [5, 5.41) is 19.6. The molecular formula is C9H17N3O6S. The van der Waals surface area contributed by atoms with Crippen molar-refractivity contribution in [3.8, 4) is 0 Å². The number of rotatable bonds is 4. The number of nitrogens with one attached hydrogen (secondary N) is 1. The Labute approximate surface area is 110 Å². The molecule has 0 aromatic carbocycles. The highest BCUT2D eigenvalue weighted by molar-refractivity contribution is 7.88. The number of carbonyl (C=O) groups excluding carboxylic acids is 1. The molecule has 1 unspecified atom stereocenters. The van der Waals surface area contributed by atoms with E-state index in [4.69, 9.17) is 10.2 Å². The standard InChI is InChI=1S/C9H17N3O6S/c1-19(17,18)12-4-2-11(3-5-12)9(16)10-7(6-13)8(14)15/h7,13H,2-6H2,1H3,(H,10,16)(H,14,15). The average Bonchev–Trinajstić information content (AvgIpc) is 2.34. The van der Waals surface area contributed by atoms with E-state index in [-0.39, 0.29) is 26.2 Å². The molecule has 0 aromatic heterocycles. The van der Waals surface area contributed by atoms with Crippen molar-refractivity contribution in [1.29, 1.82) is 0 Å². The molecule has 10 heteroatoms. The zero-order valence-corrected chi connectivity index (χ0v) is 11.3. The molecule has 0 bridgehead atoms. The quantitative estimate of drug-likeness (QED) is 0.536. The van der Waals surface area contributed by atoms with Crippen LogP contribution in [0.1, 0.15) is 0 Å². The number of hydrogen-bond acceptors (Lipinski definition) is 5. The van der Waals surface area contributed by atoms with Crippen molar-refractivity contribution in [3.63, 3.8) is 0 Å². The summed E-state index contributed by atoms with van der Waals surface area (Å²) in [6.45, 7) is -0.00997. The Bertz CT molecular complexity index is 443. The van der Waals surface area contributed by atoms with Gasteiger partial charge in [0.05, 0.1) is 12.9 Å². The first kappa shape index (κ1) is 15.7. The maximum Gasteiger partial charge on any atom is 0.328 e. The van der Waals surface area contributed by atoms with E-state index in [2.05, 4.69) is 5.32 Å². The van der Waals surface area contributed by atoms with Gasteiger partial charge in [-0.05, 0) is 0 Å². The van der Waals surface area contributed by atoms with E-state index in [1.54, 1.807) is 0 Å². The normalized spacial score (nSPS) is 18.9. The predicted octanol–water partition coefficient (Wildman–Crippen LogP) is -2.28. The van der Waals surface area contributed by atoms with Crippen LogP contribution in [0.4, 0.5) is 4.79 Å². The predicted molar refractivity (Wildman–Crippen MR) is 65.0 cm³/mol. The first-order valence-electron chi connectivity index (χ1n) is 5.60. The van der Waals surface area contributed by atoms with Crippen LogP contribution in [0.25, 0.3) is 0 Å². The van der Waals surface area contributed by atoms with Crippen LogP contribution in [-0.2, 0) is 14.8 Å². The number of sulfonamides is 1. The minimum atomic E-state index is -3.28. The molecule has 110 valence electrons. The minimum Gasteiger partial charge on any atom is -0.480 e. The third-order valence-corrected chi connectivity index (χ3v) is 4.08. The van der Waals surface area contributed by atoms with Gasteiger partial charge in [-0.1, -0.05) is 0 Å². The molecule has 9 nitrogen and oxygen atoms in total. The summed E-state index contributed by atoms with van der Waals surface area (Å²) in [4.78, 5) is 23.7. The fourth-order valence-electron chi connectivity index (χ4n) is 1.65. The summed E-state index contributed by atoms with van der Waals surface area (Å²) >= 11 is 0. The van der Waals surface area contributed by atoms with E-state index in [0.717, 1.165) is 6.26 Å². The third-order valence-electron chi connectivity index (χ3n) is 2.77. The Balaban J connectivity index is 2.51. The van der Waals surface area contributed by atoms with Crippen LogP contribution >= 0.6 is 0 Å². The summed E-state index contributed by atoms with van der Waals surface area (Å²) in [6.07, 6.45) is 1.09. The van der Waals surface area contributed by atoms with Gasteiger partial charge in [0.2, 0.25) is 10.0 Å². The van der Waals surface area contributed by atoms with Crippen molar-refractivity contribution in [1.82, 2.24) is 14.5 Å². The largest absolute Gasteiger partial charge is 0.480 e. The smallest absolute Gasteiger partial charge is 0.328 e. The van der Waals surface area contributed by atoms with E-state index < -0.39 is 34.7 Å². The summed E-state index contributed by atoms with van der Waals surface area (Å²) < 4.78 is 23.8. The second-order valence-electron chi connectivity index (χ2n) is 4.17. The summed E-state index contributed by atoms with van der Waals surface area (Å²) in [5.74, 6) is -1.33. The summed E-state index contributed by atoms with van der Waals surface area (Å²) in [5.41, 5.74) is 0. The highest BCUT2D eigenvalue weighted by atomic mass is 32.2. The Morgan fingerprint density at radius 1 is 1.26 bits per heavy atom. The van der Waals surface area contributed by atoms with E-state index in [9.17, 15) is 18.0 Å². The van der Waals surface area contributed by atoms with Crippen LogP contribution in [0.15, 0.2) is 0 Å². The number of carboxylic acid groups (broad SMARTS) is 1. The molecule has 0 aromatic rings. The lowest BCUT2D eigenvalue weighted by atomic mass is 10.3. The molecule has 0 aliphatic carbocycles. The Kier molecular flexibility index (Phi) is 5.09. The molecule has 1 aliphatic rings. The molecule has 0 saturated carbocycles. The number of aliphatic hydroxyl groups excluding tert-OH is 1. The van der Waals surface area contributed by atoms with Gasteiger partial charge in [0, 0.05) is 26.2 Å². The van der Waals surface area contributed by atoms with Crippen LogP contribution < -0.4 is 5.32 Å². The maximum absolute atomic E-state index is 11.7. The van der Waals surface area contributed by atoms with Gasteiger partial charge in [-0.3, -0.25) is 0 Å². The number of piperazine rings is 1. The molecule has 0 radical (unpaired) electrons. The monoisotopic (exact) mass is 295 g/mol. The van der Waals surface area contributed by atoms with E-state index in [0.29, 0.717) is 0 Å². The first-order valence-corrected chi connectivity index (χ1v) is 7.44. The molecule has 0 spiro atoms. The Morgan fingerprint density at radius 2 is 1.79 bits per heavy atom. The van der Waals surface area contributed by atoms with E-state index >= 15 is 0 Å². The van der Waals surface area contributed by atoms with Crippen LogP contribution in [0.3, 0.4) is 0 Å². The van der Waals surface area contributed by atoms with Crippen molar-refractivity contribution >= 4 is 22.0 Å². The topological polar surface area (TPSA) is 127 Å². The number of amides is 2. The molecule has 1 rings (SSSR count). The Morgan fingerprint density at radius 3 is 2.16 bits per heavy atom. The van der Waals surface area contributed by atoms with Crippen LogP contribution in [0.5, 0.6) is 0 Å². The van der Waals surface area contributed by atoms with E-state index in [1.807, 2.05) is 0 Å². The highest BCUT2D eigenvalue weighted by Gasteiger charge is 2.28. The number of carboxylic acids is 1. The molecule has 1 fully saturated rings. The van der Waals surface area contributed by atoms with Gasteiger partial charge in [-0.25, -0.2) is 18.0 Å². The maximum atomic E-state index is 11.7. The average molecular weight is 295 g/mol. The fraction of sp³-hybridized carbons (Fsp3) is 0.778. The molecule has 3 N–H and O–H groups in total. The molecular weight excluding hydrogens is 278 g/mol. The number of nitrogens with zero attached hydrogens (tertiary/aromatic N) is 2. The lowest BCUT2D eigenvalue weighted by Crippen LogP contribution is -2.56. The zero-order valence-electron chi connectivity index (χ0n) is 10.4. The third kappa shape index (κ3) is 4.33. The molecule has 1 aliphatic heterocycles. The van der Waals surface area contributed by atoms with E-state index in [1.165, 1.54) is 9.21 Å². The van der Waals surface area contributed by atoms with Gasteiger partial charge in [-0.2, -0.15) is 4.31 Å². The number of urea groups is 1. The lowest BCUT2D eigenvalue weighted by Gasteiger charge is -2.33. The van der Waals surface area contributed by atoms with Gasteiger partial charge in [0.25, 0.3) is 0 Å². The zero-order chi connectivity index (χ0) is 14.6. The number of aliphatic carboxylic acids is 1. The van der Waals surface area contributed by atoms with Crippen molar-refractivity contribution < 1.29 is 28.2 Å². The Hall–Kier alpha value is -1.39. The number of hydrogen-bond donors (Lipinski definition) is 3. The number of aliphatic hydroxyl groups is 1. The van der Waals surface area contributed by atoms with Gasteiger partial charge in [-0.15, -0.1) is 0 Å². The van der Waals surface area contributed by atoms with Gasteiger partial charge in [0.15, 0.2) is 6.04 Å². The second-order valence-corrected chi connectivity index (χ2v) is 6.15. The minimum absolute atomic E-state index is 0.170. The van der Waals surface area contributed by atoms with Crippen LogP contribution in [0.2, 0.25) is 0 Å². The van der Waals surface area contributed by atoms with Crippen molar-refractivity contribution in [2.75, 3.05) is 39.0 Å².